The predicted octanol–water partition coefficient (Wildman–Crippen LogP) is -0.206. The molecule has 1 amide bonds. The Morgan fingerprint density at radius 1 is 0.919 bits per heavy atom. The molecule has 0 radical (unpaired) electrons. The van der Waals surface area contributed by atoms with Gasteiger partial charge in [0, 0.05) is 27.7 Å². The summed E-state index contributed by atoms with van der Waals surface area (Å²) in [4.78, 5) is 72.2. The zero-order valence-corrected chi connectivity index (χ0v) is 20.5. The molecule has 5 atom stereocenters. The zero-order chi connectivity index (χ0) is 27.3. The molecule has 1 saturated heterocycles. The number of nitrogens with zero attached hydrogens (tertiary/aromatic N) is 1. The first-order valence-electron chi connectivity index (χ1n) is 11.1. The van der Waals surface area contributed by atoms with Crippen LogP contribution in [0.25, 0.3) is 11.1 Å². The molecule has 14 nitrogen and oxygen atoms in total. The van der Waals surface area contributed by atoms with Gasteiger partial charge in [-0.2, -0.15) is 0 Å². The number of hydrogen-bond donors (Lipinski definition) is 1. The summed E-state index contributed by atoms with van der Waals surface area (Å²) in [6.45, 7) is 3.44. The van der Waals surface area contributed by atoms with E-state index >= 15 is 0 Å². The predicted molar refractivity (Wildman–Crippen MR) is 121 cm³/mol. The van der Waals surface area contributed by atoms with Gasteiger partial charge in [0.1, 0.15) is 25.3 Å². The second-order valence-corrected chi connectivity index (χ2v) is 8.13. The van der Waals surface area contributed by atoms with E-state index in [1.807, 2.05) is 0 Å². The van der Waals surface area contributed by atoms with E-state index in [0.717, 1.165) is 32.3 Å². The Morgan fingerprint density at radius 3 is 2.19 bits per heavy atom. The smallest absolute Gasteiger partial charge is 0.420 e. The first-order chi connectivity index (χ1) is 17.5. The number of nitrogens with one attached hydrogen (secondary N) is 1. The molecule has 1 aromatic heterocycles. The first-order valence-corrected chi connectivity index (χ1v) is 11.1. The van der Waals surface area contributed by atoms with Crippen LogP contribution < -0.4 is 11.1 Å². The lowest BCUT2D eigenvalue weighted by atomic mass is 9.96. The number of para-hydroxylation sites is 2. The zero-order valence-electron chi connectivity index (χ0n) is 20.5. The highest BCUT2D eigenvalue weighted by molar-refractivity contribution is 5.77. The summed E-state index contributed by atoms with van der Waals surface area (Å²) in [5.41, 5.74) is 0.596. The fraction of sp³-hybridized carbons (Fsp3) is 0.478. The van der Waals surface area contributed by atoms with Gasteiger partial charge in [-0.1, -0.05) is 12.1 Å². The SMILES string of the molecule is CC(=O)NC1C(OC(=O)Cn2c(=O)oc3ccccc32)OC(COC(C)=O)C(OC(C)=O)C1OC(C)=O. The molecular weight excluding hydrogens is 496 g/mol. The molecule has 5 unspecified atom stereocenters. The van der Waals surface area contributed by atoms with Crippen LogP contribution >= 0.6 is 0 Å². The van der Waals surface area contributed by atoms with Crippen molar-refractivity contribution < 1.29 is 52.1 Å². The number of benzene rings is 1. The lowest BCUT2D eigenvalue weighted by Crippen LogP contribution is -2.66. The molecule has 14 heteroatoms. The third-order valence-electron chi connectivity index (χ3n) is 5.18. The third-order valence-corrected chi connectivity index (χ3v) is 5.18. The molecule has 2 heterocycles. The summed E-state index contributed by atoms with van der Waals surface area (Å²) < 4.78 is 32.9. The summed E-state index contributed by atoms with van der Waals surface area (Å²) in [6.07, 6.45) is -5.58. The molecule has 0 aliphatic carbocycles. The number of aromatic nitrogens is 1. The normalized spacial score (nSPS) is 23.1. The molecule has 200 valence electrons. The molecule has 0 spiro atoms. The van der Waals surface area contributed by atoms with Crippen molar-refractivity contribution in [1.82, 2.24) is 9.88 Å². The van der Waals surface area contributed by atoms with Gasteiger partial charge in [-0.25, -0.2) is 4.79 Å². The van der Waals surface area contributed by atoms with Crippen LogP contribution in [0, 0.1) is 0 Å². The average molecular weight is 522 g/mol. The fourth-order valence-corrected chi connectivity index (χ4v) is 3.85. The molecular formula is C23H26N2O12. The summed E-state index contributed by atoms with van der Waals surface area (Å²) in [7, 11) is 0. The molecule has 3 rings (SSSR count). The Labute approximate surface area is 209 Å². The van der Waals surface area contributed by atoms with E-state index < -0.39 is 79.3 Å². The largest absolute Gasteiger partial charge is 0.463 e. The number of oxazole rings is 1. The lowest BCUT2D eigenvalue weighted by molar-refractivity contribution is -0.271. The van der Waals surface area contributed by atoms with Crippen molar-refractivity contribution in [2.24, 2.45) is 0 Å². The molecule has 2 aromatic rings. The van der Waals surface area contributed by atoms with Gasteiger partial charge in [0.25, 0.3) is 0 Å². The number of carbonyl (C=O) groups excluding carboxylic acids is 5. The number of amides is 1. The molecule has 0 bridgehead atoms. The quantitative estimate of drug-likeness (QED) is 0.357. The molecule has 37 heavy (non-hydrogen) atoms. The van der Waals surface area contributed by atoms with E-state index in [0.29, 0.717) is 5.52 Å². The molecule has 1 fully saturated rings. The number of rotatable bonds is 8. The van der Waals surface area contributed by atoms with Crippen molar-refractivity contribution in [3.8, 4) is 0 Å². The highest BCUT2D eigenvalue weighted by Gasteiger charge is 2.52. The van der Waals surface area contributed by atoms with Crippen molar-refractivity contribution in [2.45, 2.75) is 64.9 Å². The minimum Gasteiger partial charge on any atom is -0.463 e. The summed E-state index contributed by atoms with van der Waals surface area (Å²) in [6, 6.07) is 5.09. The van der Waals surface area contributed by atoms with Gasteiger partial charge in [0.2, 0.25) is 12.2 Å². The highest BCUT2D eigenvalue weighted by atomic mass is 16.7. The lowest BCUT2D eigenvalue weighted by Gasteiger charge is -2.44. The van der Waals surface area contributed by atoms with Gasteiger partial charge in [0.05, 0.1) is 5.52 Å². The number of fused-ring (bicyclic) bond motifs is 1. The van der Waals surface area contributed by atoms with E-state index in [1.54, 1.807) is 24.3 Å². The van der Waals surface area contributed by atoms with Crippen LogP contribution in [-0.2, 0) is 54.2 Å². The maximum absolute atomic E-state index is 12.9. The topological polar surface area (TPSA) is 179 Å². The average Bonchev–Trinajstić information content (AvgIpc) is 3.10. The van der Waals surface area contributed by atoms with Gasteiger partial charge in [0.15, 0.2) is 17.8 Å². The van der Waals surface area contributed by atoms with Crippen molar-refractivity contribution in [2.75, 3.05) is 6.61 Å². The minimum absolute atomic E-state index is 0.255. The van der Waals surface area contributed by atoms with Crippen molar-refractivity contribution >= 4 is 40.9 Å². The van der Waals surface area contributed by atoms with Crippen molar-refractivity contribution in [1.29, 1.82) is 0 Å². The summed E-state index contributed by atoms with van der Waals surface area (Å²) in [5.74, 6) is -4.63. The van der Waals surface area contributed by atoms with E-state index in [9.17, 15) is 28.8 Å². The standard InChI is InChI=1S/C23H26N2O12/c1-11(26)24-19-21(34-14(4)29)20(33-13(3)28)17(10-32-12(2)27)35-22(19)37-18(30)9-25-15-7-5-6-8-16(15)36-23(25)31/h5-8,17,19-22H,9-10H2,1-4H3,(H,24,26). The maximum atomic E-state index is 12.9. The van der Waals surface area contributed by atoms with Crippen LogP contribution in [-0.4, -0.2) is 71.6 Å². The first kappa shape index (κ1) is 27.4. The van der Waals surface area contributed by atoms with Gasteiger partial charge in [-0.3, -0.25) is 28.5 Å². The van der Waals surface area contributed by atoms with Crippen LogP contribution in [0.1, 0.15) is 27.7 Å². The summed E-state index contributed by atoms with van der Waals surface area (Å²) in [5, 5.41) is 2.48. The number of carbonyl (C=O) groups is 5. The van der Waals surface area contributed by atoms with Gasteiger partial charge < -0.3 is 33.4 Å². The molecule has 0 saturated carbocycles. The maximum Gasteiger partial charge on any atom is 0.420 e. The van der Waals surface area contributed by atoms with Gasteiger partial charge in [-0.05, 0) is 12.1 Å². The Kier molecular flexibility index (Phi) is 8.65. The molecule has 1 aromatic carbocycles. The Bertz CT molecular complexity index is 1250. The second-order valence-electron chi connectivity index (χ2n) is 8.13. The van der Waals surface area contributed by atoms with Crippen LogP contribution in [0.4, 0.5) is 0 Å². The number of ether oxygens (including phenoxy) is 5. The highest BCUT2D eigenvalue weighted by Crippen LogP contribution is 2.28. The van der Waals surface area contributed by atoms with Crippen molar-refractivity contribution in [3.63, 3.8) is 0 Å². The fourth-order valence-electron chi connectivity index (χ4n) is 3.85. The Balaban J connectivity index is 1.93. The van der Waals surface area contributed by atoms with Crippen LogP contribution in [0.2, 0.25) is 0 Å². The number of esters is 4. The van der Waals surface area contributed by atoms with Crippen LogP contribution in [0.3, 0.4) is 0 Å². The van der Waals surface area contributed by atoms with E-state index in [4.69, 9.17) is 28.1 Å². The Hall–Kier alpha value is -4.20. The molecule has 1 N–H and O–H groups in total. The van der Waals surface area contributed by atoms with E-state index in [1.165, 1.54) is 0 Å². The van der Waals surface area contributed by atoms with Gasteiger partial charge >= 0.3 is 29.6 Å². The van der Waals surface area contributed by atoms with Crippen LogP contribution in [0.15, 0.2) is 33.5 Å². The monoisotopic (exact) mass is 522 g/mol. The molecule has 1 aliphatic rings. The minimum atomic E-state index is -1.60. The van der Waals surface area contributed by atoms with Crippen molar-refractivity contribution in [3.05, 3.63) is 34.8 Å². The van der Waals surface area contributed by atoms with E-state index in [2.05, 4.69) is 5.32 Å². The third kappa shape index (κ3) is 6.94. The summed E-state index contributed by atoms with van der Waals surface area (Å²) >= 11 is 0. The van der Waals surface area contributed by atoms with Gasteiger partial charge in [-0.15, -0.1) is 0 Å². The second kappa shape index (κ2) is 11.7. The Morgan fingerprint density at radius 2 is 1.57 bits per heavy atom. The number of hydrogen-bond acceptors (Lipinski definition) is 12. The van der Waals surface area contributed by atoms with Crippen LogP contribution in [0.5, 0.6) is 0 Å². The molecule has 1 aliphatic heterocycles. The van der Waals surface area contributed by atoms with E-state index in [-0.39, 0.29) is 5.58 Å².